The van der Waals surface area contributed by atoms with Gasteiger partial charge in [-0.1, -0.05) is 64.2 Å². The van der Waals surface area contributed by atoms with Crippen LogP contribution in [0.25, 0.3) is 0 Å². The van der Waals surface area contributed by atoms with Gasteiger partial charge in [-0.05, 0) is 0 Å². The Kier molecular flexibility index (Phi) is 233. The van der Waals surface area contributed by atoms with Gasteiger partial charge in [0.2, 0.25) is 0 Å². The first-order chi connectivity index (χ1) is 11.0. The topological polar surface area (TPSA) is 119 Å². The molecule has 0 aromatic rings. The van der Waals surface area contributed by atoms with Gasteiger partial charge in [0.1, 0.15) is 0 Å². The zero-order valence-electron chi connectivity index (χ0n) is 13.3. The van der Waals surface area contributed by atoms with Crippen molar-refractivity contribution >= 4 is 0 Å². The van der Waals surface area contributed by atoms with Crippen LogP contribution in [0.1, 0.15) is 64.2 Å². The van der Waals surface area contributed by atoms with Crippen LogP contribution in [-0.4, -0.2) is 0 Å². The van der Waals surface area contributed by atoms with E-state index >= 15 is 0 Å². The molecule has 2 aliphatic carbocycles. The summed E-state index contributed by atoms with van der Waals surface area (Å²) < 4.78 is 45.0. The average Bonchev–Trinajstić information content (AvgIpc) is 3.43. The van der Waals surface area contributed by atoms with Gasteiger partial charge in [0, 0.05) is 42.1 Å². The minimum atomic E-state index is 0. The van der Waals surface area contributed by atoms with Crippen LogP contribution in [0.5, 0.6) is 0 Å². The maximum atomic E-state index is 7.50. The Hall–Kier alpha value is -0.183. The van der Waals surface area contributed by atoms with Gasteiger partial charge in [-0.3, -0.25) is 0 Å². The van der Waals surface area contributed by atoms with Crippen molar-refractivity contribution in [2.24, 2.45) is 0 Å². The van der Waals surface area contributed by atoms with Gasteiger partial charge in [-0.15, -0.1) is 0 Å². The summed E-state index contributed by atoms with van der Waals surface area (Å²) in [6, 6.07) is 0. The molecule has 0 heterocycles. The zero-order chi connectivity index (χ0) is 19.1. The van der Waals surface area contributed by atoms with Crippen LogP contribution < -0.4 is 0 Å². The molecule has 0 saturated heterocycles. The molecule has 0 aromatic heterocycles. The van der Waals surface area contributed by atoms with Crippen molar-refractivity contribution in [2.75, 3.05) is 0 Å². The van der Waals surface area contributed by atoms with E-state index in [1.54, 1.807) is 0 Å². The molecule has 0 bridgehead atoms. The van der Waals surface area contributed by atoms with Crippen molar-refractivity contribution in [2.45, 2.75) is 64.2 Å². The molecule has 0 spiro atoms. The molecule has 0 atom stereocenters. The first-order valence-electron chi connectivity index (χ1n) is 6.22. The molecular formula is C16H20Mo2O6. The molecule has 8 heteroatoms. The second-order valence-corrected chi connectivity index (χ2v) is 3.54. The third-order valence-electron chi connectivity index (χ3n) is 2.50. The number of rotatable bonds is 0. The van der Waals surface area contributed by atoms with Crippen LogP contribution in [0.4, 0.5) is 0 Å². The Labute approximate surface area is 173 Å². The first-order valence-corrected chi connectivity index (χ1v) is 6.22. The summed E-state index contributed by atoms with van der Waals surface area (Å²) in [4.78, 5) is 0. The molecule has 0 N–H and O–H groups in total. The summed E-state index contributed by atoms with van der Waals surface area (Å²) in [5.74, 6) is 0. The smallest absolute Gasteiger partial charge is 0 e. The molecule has 6 nitrogen and oxygen atoms in total. The summed E-state index contributed by atoms with van der Waals surface area (Å²) in [6.45, 7) is 27.0. The first kappa shape index (κ1) is 49.6. The van der Waals surface area contributed by atoms with E-state index in [-0.39, 0.29) is 42.1 Å². The fourth-order valence-corrected chi connectivity index (χ4v) is 1.77. The van der Waals surface area contributed by atoms with E-state index in [9.17, 15) is 0 Å². The number of hydrogen-bond acceptors (Lipinski definition) is 0. The molecule has 0 amide bonds. The molecule has 2 fully saturated rings. The molecule has 0 aliphatic heterocycles. The van der Waals surface area contributed by atoms with Gasteiger partial charge in [0.05, 0.1) is 0 Å². The Morgan fingerprint density at radius 3 is 0.333 bits per heavy atom. The second kappa shape index (κ2) is 113. The molecule has 0 unspecified atom stereocenters. The van der Waals surface area contributed by atoms with Crippen LogP contribution in [0.3, 0.4) is 0 Å². The molecule has 2 saturated carbocycles. The van der Waals surface area contributed by atoms with E-state index in [0.29, 0.717) is 0 Å². The maximum absolute atomic E-state index is 7.50. The second-order valence-electron chi connectivity index (χ2n) is 3.54. The van der Waals surface area contributed by atoms with Crippen molar-refractivity contribution in [1.29, 1.82) is 0 Å². The normalized spacial score (nSPS) is 10.5. The van der Waals surface area contributed by atoms with E-state index in [1.807, 2.05) is 0 Å². The van der Waals surface area contributed by atoms with Crippen molar-refractivity contribution in [3.63, 3.8) is 0 Å². The van der Waals surface area contributed by atoms with Crippen molar-refractivity contribution in [3.8, 4) is 0 Å². The van der Waals surface area contributed by atoms with Gasteiger partial charge in [-0.2, -0.15) is 0 Å². The maximum Gasteiger partial charge on any atom is 0 e. The monoisotopic (exact) mass is 504 g/mol. The largest absolute Gasteiger partial charge is 0 e. The molecule has 0 aromatic carbocycles. The van der Waals surface area contributed by atoms with E-state index in [4.69, 9.17) is 27.9 Å². The van der Waals surface area contributed by atoms with Crippen molar-refractivity contribution in [1.82, 2.24) is 0 Å². The molecule has 132 valence electrons. The minimum Gasteiger partial charge on any atom is 0 e. The summed E-state index contributed by atoms with van der Waals surface area (Å²) in [5, 5.41) is 0. The van der Waals surface area contributed by atoms with Crippen molar-refractivity contribution < 1.29 is 70.0 Å². The van der Waals surface area contributed by atoms with E-state index in [1.165, 1.54) is 64.2 Å². The van der Waals surface area contributed by atoms with Crippen LogP contribution in [0.15, 0.2) is 0 Å². The molecular weight excluding hydrogens is 480 g/mol. The Morgan fingerprint density at radius 2 is 0.292 bits per heavy atom. The quantitative estimate of drug-likeness (QED) is 0.274. The summed E-state index contributed by atoms with van der Waals surface area (Å²) in [7, 11) is 0. The Bertz CT molecular complexity index is 189. The Balaban J connectivity index is -0.0000000213. The zero-order valence-corrected chi connectivity index (χ0v) is 17.4. The molecule has 24 heavy (non-hydrogen) atoms. The van der Waals surface area contributed by atoms with E-state index < -0.39 is 0 Å². The molecule has 2 rings (SSSR count). The van der Waals surface area contributed by atoms with Crippen LogP contribution in [-0.2, 0) is 70.0 Å². The van der Waals surface area contributed by atoms with Crippen molar-refractivity contribution in [3.05, 3.63) is 39.9 Å². The summed E-state index contributed by atoms with van der Waals surface area (Å²) in [5.41, 5.74) is 0. The predicted molar refractivity (Wildman–Crippen MR) is 69.7 cm³/mol. The predicted octanol–water partition coefficient (Wildman–Crippen LogP) is 3.67. The van der Waals surface area contributed by atoms with Crippen LogP contribution in [0, 0.1) is 39.9 Å². The molecule has 2 aliphatic rings. The van der Waals surface area contributed by atoms with E-state index in [2.05, 4.69) is 39.9 Å². The third-order valence-corrected chi connectivity index (χ3v) is 2.50. The minimum absolute atomic E-state index is 0. The Morgan fingerprint density at radius 1 is 0.250 bits per heavy atom. The molecule has 0 radical (unpaired) electrons. The average molecular weight is 500 g/mol. The van der Waals surface area contributed by atoms with Gasteiger partial charge in [0.25, 0.3) is 0 Å². The van der Waals surface area contributed by atoms with Gasteiger partial charge in [0.15, 0.2) is 0 Å². The standard InChI is InChI=1S/2C5H10.6CO.2Mo/c2*1-2-4-5-3-1;6*1-2;;/h2*1-5H2;;;;;;;;. The SMILES string of the molecule is C1CCCC1.C1CCCC1.[C-]#[O+].[C-]#[O+].[C-]#[O+].[C-]#[O+].[C-]#[O+].[C-]#[O+].[Mo].[Mo]. The summed E-state index contributed by atoms with van der Waals surface area (Å²) in [6.07, 6.45) is 15.0. The fraction of sp³-hybridized carbons (Fsp3) is 0.625. The van der Waals surface area contributed by atoms with Crippen LogP contribution >= 0.6 is 0 Å². The third kappa shape index (κ3) is 98.1. The van der Waals surface area contributed by atoms with E-state index in [0.717, 1.165) is 0 Å². The summed E-state index contributed by atoms with van der Waals surface area (Å²) >= 11 is 0. The van der Waals surface area contributed by atoms with Gasteiger partial charge < -0.3 is 0 Å². The van der Waals surface area contributed by atoms with Gasteiger partial charge >= 0.3 is 67.8 Å². The van der Waals surface area contributed by atoms with Gasteiger partial charge in [-0.25, -0.2) is 0 Å². The number of hydrogen-bond donors (Lipinski definition) is 0. The fourth-order valence-electron chi connectivity index (χ4n) is 1.77. The van der Waals surface area contributed by atoms with Crippen LogP contribution in [0.2, 0.25) is 0 Å².